The molecule has 0 amide bonds. The Labute approximate surface area is 120 Å². The number of hydrogen-bond acceptors (Lipinski definition) is 4. The normalized spacial score (nSPS) is 24.1. The molecule has 4 heteroatoms. The van der Waals surface area contributed by atoms with Gasteiger partial charge in [0.25, 0.3) is 0 Å². The minimum absolute atomic E-state index is 0.0145. The number of hydrogen-bond donors (Lipinski definition) is 2. The predicted molar refractivity (Wildman–Crippen MR) is 76.3 cm³/mol. The monoisotopic (exact) mass is 277 g/mol. The molecule has 2 aliphatic rings. The molecule has 0 radical (unpaired) electrons. The zero-order chi connectivity index (χ0) is 13.8. The summed E-state index contributed by atoms with van der Waals surface area (Å²) in [7, 11) is 0. The first kappa shape index (κ1) is 14.0. The number of benzene rings is 1. The fraction of sp³-hybridized carbons (Fsp3) is 0.625. The van der Waals surface area contributed by atoms with Gasteiger partial charge in [-0.1, -0.05) is 30.3 Å². The van der Waals surface area contributed by atoms with E-state index in [0.29, 0.717) is 6.04 Å². The lowest BCUT2D eigenvalue weighted by Gasteiger charge is -2.37. The van der Waals surface area contributed by atoms with Crippen LogP contribution in [0.2, 0.25) is 0 Å². The largest absolute Gasteiger partial charge is 0.394 e. The fourth-order valence-electron chi connectivity index (χ4n) is 3.23. The summed E-state index contributed by atoms with van der Waals surface area (Å²) in [6.07, 6.45) is 3.95. The SMILES string of the molecule is OC[C@@H](NC1CCC2(CC1)OCCO2)c1ccccc1. The van der Waals surface area contributed by atoms with Gasteiger partial charge in [-0.3, -0.25) is 0 Å². The van der Waals surface area contributed by atoms with Crippen molar-refractivity contribution in [2.24, 2.45) is 0 Å². The Morgan fingerprint density at radius 1 is 1.15 bits per heavy atom. The molecule has 1 heterocycles. The van der Waals surface area contributed by atoms with Gasteiger partial charge in [0.15, 0.2) is 5.79 Å². The summed E-state index contributed by atoms with van der Waals surface area (Å²) in [5.41, 5.74) is 1.14. The van der Waals surface area contributed by atoms with Crippen LogP contribution in [0.1, 0.15) is 37.3 Å². The molecule has 110 valence electrons. The number of aliphatic hydroxyl groups is 1. The molecule has 0 aromatic heterocycles. The van der Waals surface area contributed by atoms with E-state index in [1.165, 1.54) is 0 Å². The van der Waals surface area contributed by atoms with E-state index in [9.17, 15) is 5.11 Å². The molecule has 1 aromatic rings. The van der Waals surface area contributed by atoms with Crippen molar-refractivity contribution in [1.29, 1.82) is 0 Å². The summed E-state index contributed by atoms with van der Waals surface area (Å²) >= 11 is 0. The maximum absolute atomic E-state index is 9.60. The lowest BCUT2D eigenvalue weighted by molar-refractivity contribution is -0.179. The predicted octanol–water partition coefficient (Wildman–Crippen LogP) is 2.00. The number of rotatable bonds is 4. The standard InChI is InChI=1S/C16H23NO3/c18-12-15(13-4-2-1-3-5-13)17-14-6-8-16(9-7-14)19-10-11-20-16/h1-5,14-15,17-18H,6-12H2/t15-/m1/s1. The van der Waals surface area contributed by atoms with Gasteiger partial charge < -0.3 is 19.9 Å². The van der Waals surface area contributed by atoms with Gasteiger partial charge in [-0.2, -0.15) is 0 Å². The average Bonchev–Trinajstić information content (AvgIpc) is 2.96. The van der Waals surface area contributed by atoms with Crippen LogP contribution in [0.4, 0.5) is 0 Å². The van der Waals surface area contributed by atoms with E-state index in [4.69, 9.17) is 9.47 Å². The molecule has 1 aromatic carbocycles. The van der Waals surface area contributed by atoms with Gasteiger partial charge in [0.1, 0.15) is 0 Å². The van der Waals surface area contributed by atoms with E-state index >= 15 is 0 Å². The van der Waals surface area contributed by atoms with Crippen LogP contribution in [-0.2, 0) is 9.47 Å². The Bertz CT molecular complexity index is 407. The second kappa shape index (κ2) is 6.22. The first-order valence-electron chi connectivity index (χ1n) is 7.51. The zero-order valence-electron chi connectivity index (χ0n) is 11.8. The van der Waals surface area contributed by atoms with Gasteiger partial charge in [0.05, 0.1) is 25.9 Å². The Hall–Kier alpha value is -0.940. The maximum Gasteiger partial charge on any atom is 0.168 e. The summed E-state index contributed by atoms with van der Waals surface area (Å²) in [5.74, 6) is -0.306. The minimum Gasteiger partial charge on any atom is -0.394 e. The molecule has 1 saturated heterocycles. The summed E-state index contributed by atoms with van der Waals surface area (Å²) < 4.78 is 11.5. The third-order valence-electron chi connectivity index (χ3n) is 4.38. The van der Waals surface area contributed by atoms with Crippen molar-refractivity contribution in [3.8, 4) is 0 Å². The molecule has 20 heavy (non-hydrogen) atoms. The maximum atomic E-state index is 9.60. The van der Waals surface area contributed by atoms with Gasteiger partial charge in [-0.05, 0) is 18.4 Å². The second-order valence-corrected chi connectivity index (χ2v) is 5.69. The minimum atomic E-state index is -0.306. The molecule has 1 aliphatic heterocycles. The van der Waals surface area contributed by atoms with Crippen molar-refractivity contribution in [2.45, 2.75) is 43.6 Å². The van der Waals surface area contributed by atoms with Crippen molar-refractivity contribution < 1.29 is 14.6 Å². The van der Waals surface area contributed by atoms with Crippen LogP contribution in [0.3, 0.4) is 0 Å². The number of ether oxygens (including phenoxy) is 2. The van der Waals surface area contributed by atoms with E-state index < -0.39 is 0 Å². The van der Waals surface area contributed by atoms with Crippen LogP contribution in [-0.4, -0.2) is 36.8 Å². The highest BCUT2D eigenvalue weighted by Gasteiger charge is 2.40. The van der Waals surface area contributed by atoms with E-state index in [1.807, 2.05) is 18.2 Å². The lowest BCUT2D eigenvalue weighted by Crippen LogP contribution is -2.43. The van der Waals surface area contributed by atoms with Crippen molar-refractivity contribution in [1.82, 2.24) is 5.32 Å². The van der Waals surface area contributed by atoms with E-state index in [-0.39, 0.29) is 18.4 Å². The van der Waals surface area contributed by atoms with Gasteiger partial charge in [-0.15, -0.1) is 0 Å². The Morgan fingerprint density at radius 2 is 1.80 bits per heavy atom. The summed E-state index contributed by atoms with van der Waals surface area (Å²) in [5, 5.41) is 13.2. The van der Waals surface area contributed by atoms with Gasteiger partial charge in [-0.25, -0.2) is 0 Å². The second-order valence-electron chi connectivity index (χ2n) is 5.69. The lowest BCUT2D eigenvalue weighted by atomic mass is 9.89. The van der Waals surface area contributed by atoms with Crippen molar-refractivity contribution in [3.63, 3.8) is 0 Å². The molecule has 3 rings (SSSR count). The first-order valence-corrected chi connectivity index (χ1v) is 7.51. The van der Waals surface area contributed by atoms with Crippen LogP contribution < -0.4 is 5.32 Å². The third-order valence-corrected chi connectivity index (χ3v) is 4.38. The molecule has 1 saturated carbocycles. The molecular weight excluding hydrogens is 254 g/mol. The molecule has 0 unspecified atom stereocenters. The molecule has 1 aliphatic carbocycles. The van der Waals surface area contributed by atoms with Gasteiger partial charge in [0.2, 0.25) is 0 Å². The van der Waals surface area contributed by atoms with Crippen LogP contribution in [0.15, 0.2) is 30.3 Å². The summed E-state index contributed by atoms with van der Waals surface area (Å²) in [6.45, 7) is 1.57. The highest BCUT2D eigenvalue weighted by atomic mass is 16.7. The van der Waals surface area contributed by atoms with Crippen LogP contribution in [0.25, 0.3) is 0 Å². The average molecular weight is 277 g/mol. The molecule has 2 N–H and O–H groups in total. The molecule has 1 atom stereocenters. The van der Waals surface area contributed by atoms with Crippen molar-refractivity contribution in [3.05, 3.63) is 35.9 Å². The fourth-order valence-corrected chi connectivity index (χ4v) is 3.23. The Kier molecular flexibility index (Phi) is 4.36. The van der Waals surface area contributed by atoms with E-state index in [2.05, 4.69) is 17.4 Å². The summed E-state index contributed by atoms with van der Waals surface area (Å²) in [6, 6.07) is 10.6. The number of nitrogens with one attached hydrogen (secondary N) is 1. The Balaban J connectivity index is 1.55. The zero-order valence-corrected chi connectivity index (χ0v) is 11.8. The van der Waals surface area contributed by atoms with E-state index in [1.54, 1.807) is 0 Å². The molecular formula is C16H23NO3. The van der Waals surface area contributed by atoms with Crippen molar-refractivity contribution >= 4 is 0 Å². The first-order chi connectivity index (χ1) is 9.81. The molecule has 1 spiro atoms. The number of aliphatic hydroxyl groups excluding tert-OH is 1. The highest BCUT2D eigenvalue weighted by Crippen LogP contribution is 2.36. The molecule has 4 nitrogen and oxygen atoms in total. The van der Waals surface area contributed by atoms with E-state index in [0.717, 1.165) is 44.5 Å². The third kappa shape index (κ3) is 3.04. The topological polar surface area (TPSA) is 50.7 Å². The smallest absolute Gasteiger partial charge is 0.168 e. The van der Waals surface area contributed by atoms with Crippen molar-refractivity contribution in [2.75, 3.05) is 19.8 Å². The van der Waals surface area contributed by atoms with Crippen LogP contribution >= 0.6 is 0 Å². The quantitative estimate of drug-likeness (QED) is 0.884. The summed E-state index contributed by atoms with van der Waals surface area (Å²) in [4.78, 5) is 0. The van der Waals surface area contributed by atoms with Crippen LogP contribution in [0, 0.1) is 0 Å². The van der Waals surface area contributed by atoms with Crippen LogP contribution in [0.5, 0.6) is 0 Å². The highest BCUT2D eigenvalue weighted by molar-refractivity contribution is 5.19. The molecule has 0 bridgehead atoms. The van der Waals surface area contributed by atoms with Gasteiger partial charge >= 0.3 is 0 Å². The Morgan fingerprint density at radius 3 is 2.40 bits per heavy atom. The van der Waals surface area contributed by atoms with Gasteiger partial charge in [0, 0.05) is 18.9 Å². The molecule has 2 fully saturated rings.